The van der Waals surface area contributed by atoms with E-state index >= 15 is 0 Å². The zero-order valence-corrected chi connectivity index (χ0v) is 6.58. The molecule has 0 amide bonds. The van der Waals surface area contributed by atoms with Gasteiger partial charge in [0, 0.05) is 11.1 Å². The maximum Gasteiger partial charge on any atom is 0.417 e. The van der Waals surface area contributed by atoms with Crippen molar-refractivity contribution in [2.45, 2.75) is 20.0 Å². The Morgan fingerprint density at radius 2 is 1.83 bits per heavy atom. The van der Waals surface area contributed by atoms with E-state index in [9.17, 15) is 13.2 Å². The summed E-state index contributed by atoms with van der Waals surface area (Å²) in [7, 11) is 0. The van der Waals surface area contributed by atoms with Crippen molar-refractivity contribution in [3.8, 4) is 0 Å². The molecule has 1 rings (SSSR count). The van der Waals surface area contributed by atoms with Crippen LogP contribution in [0.4, 0.5) is 13.2 Å². The Bertz CT molecular complexity index is 281. The maximum absolute atomic E-state index is 12.2. The molecular formula is C8H6F3N+. The Morgan fingerprint density at radius 3 is 2.17 bits per heavy atom. The van der Waals surface area contributed by atoms with Gasteiger partial charge in [0.15, 0.2) is 0 Å². The van der Waals surface area contributed by atoms with E-state index < -0.39 is 11.7 Å². The highest BCUT2D eigenvalue weighted by Crippen LogP contribution is 2.33. The third-order valence-corrected chi connectivity index (χ3v) is 1.48. The lowest BCUT2D eigenvalue weighted by Gasteiger charge is -2.11. The Kier molecular flexibility index (Phi) is 2.08. The topological polar surface area (TPSA) is 14.1 Å². The molecule has 0 aromatic carbocycles. The second kappa shape index (κ2) is 2.77. The van der Waals surface area contributed by atoms with Gasteiger partial charge in [-0.3, -0.25) is 0 Å². The largest absolute Gasteiger partial charge is 0.417 e. The average molecular weight is 173 g/mol. The second-order valence-electron chi connectivity index (χ2n) is 2.46. The summed E-state index contributed by atoms with van der Waals surface area (Å²) in [4.78, 5) is 3.41. The monoisotopic (exact) mass is 173 g/mol. The molecular weight excluding hydrogens is 167 g/mol. The lowest BCUT2D eigenvalue weighted by atomic mass is 10.0. The van der Waals surface area contributed by atoms with Crippen molar-refractivity contribution < 1.29 is 13.2 Å². The molecule has 0 saturated carbocycles. The number of allylic oxidation sites excluding steroid dienone is 3. The van der Waals surface area contributed by atoms with E-state index in [-0.39, 0.29) is 11.1 Å². The molecule has 0 unspecified atom stereocenters. The first-order chi connectivity index (χ1) is 5.43. The van der Waals surface area contributed by atoms with Gasteiger partial charge in [-0.25, -0.2) is 0 Å². The first-order valence-electron chi connectivity index (χ1n) is 3.26. The van der Waals surface area contributed by atoms with E-state index in [4.69, 9.17) is 0 Å². The molecule has 12 heavy (non-hydrogen) atoms. The van der Waals surface area contributed by atoms with Crippen LogP contribution in [0, 0.1) is 6.20 Å². The van der Waals surface area contributed by atoms with E-state index in [2.05, 4.69) is 17.4 Å². The molecule has 0 fully saturated rings. The van der Waals surface area contributed by atoms with Crippen LogP contribution in [0.2, 0.25) is 0 Å². The van der Waals surface area contributed by atoms with E-state index in [1.807, 2.05) is 0 Å². The van der Waals surface area contributed by atoms with Crippen molar-refractivity contribution in [2.24, 2.45) is 0 Å². The molecule has 4 heteroatoms. The lowest BCUT2D eigenvalue weighted by molar-refractivity contribution is -0.0899. The second-order valence-corrected chi connectivity index (χ2v) is 2.46. The van der Waals surface area contributed by atoms with Gasteiger partial charge in [0.25, 0.3) is 0 Å². The summed E-state index contributed by atoms with van der Waals surface area (Å²) in [6.07, 6.45) is 0.114. The van der Waals surface area contributed by atoms with Gasteiger partial charge < -0.3 is 0 Å². The number of rotatable bonds is 0. The zero-order valence-electron chi connectivity index (χ0n) is 6.58. The van der Waals surface area contributed by atoms with Crippen LogP contribution >= 0.6 is 0 Å². The van der Waals surface area contributed by atoms with Gasteiger partial charge in [0.2, 0.25) is 0 Å². The van der Waals surface area contributed by atoms with Crippen LogP contribution in [0.1, 0.15) is 13.8 Å². The molecule has 0 bridgehead atoms. The predicted molar refractivity (Wildman–Crippen MR) is 38.3 cm³/mol. The molecule has 0 spiro atoms. The minimum absolute atomic E-state index is 0.0127. The summed E-state index contributed by atoms with van der Waals surface area (Å²) >= 11 is 0. The highest BCUT2D eigenvalue weighted by molar-refractivity contribution is 5.81. The van der Waals surface area contributed by atoms with E-state index in [1.165, 1.54) is 13.8 Å². The van der Waals surface area contributed by atoms with Crippen LogP contribution in [0.5, 0.6) is 0 Å². The van der Waals surface area contributed by atoms with E-state index in [0.717, 1.165) is 0 Å². The smallest absolute Gasteiger partial charge is 0.166 e. The van der Waals surface area contributed by atoms with E-state index in [1.54, 1.807) is 0 Å². The van der Waals surface area contributed by atoms with Crippen LogP contribution in [0.3, 0.4) is 0 Å². The van der Waals surface area contributed by atoms with Gasteiger partial charge in [0.1, 0.15) is 0 Å². The third-order valence-electron chi connectivity index (χ3n) is 1.48. The minimum atomic E-state index is -4.33. The molecule has 1 aliphatic heterocycles. The van der Waals surface area contributed by atoms with Crippen molar-refractivity contribution in [1.82, 2.24) is 4.99 Å². The predicted octanol–water partition coefficient (Wildman–Crippen LogP) is 1.87. The van der Waals surface area contributed by atoms with Crippen LogP contribution in [0.15, 0.2) is 16.7 Å². The quantitative estimate of drug-likeness (QED) is 0.531. The van der Waals surface area contributed by atoms with Crippen molar-refractivity contribution in [1.29, 1.82) is 0 Å². The summed E-state index contributed by atoms with van der Waals surface area (Å²) in [6.45, 7) is 2.66. The number of hydrogen-bond acceptors (Lipinski definition) is 1. The van der Waals surface area contributed by atoms with Gasteiger partial charge in [0.05, 0.1) is 10.6 Å². The van der Waals surface area contributed by atoms with Crippen molar-refractivity contribution in [3.63, 3.8) is 0 Å². The number of hydrogen-bond donors (Lipinski definition) is 0. The average Bonchev–Trinajstić information content (AvgIpc) is 1.82. The standard InChI is InChI=1S/C8H6F3N/c1-5-3-12-4-6(2)7(5)8(9,10)11/h1-2H3/q+1. The van der Waals surface area contributed by atoms with Crippen molar-refractivity contribution in [3.05, 3.63) is 22.9 Å². The van der Waals surface area contributed by atoms with Crippen LogP contribution in [-0.4, -0.2) is 12.4 Å². The summed E-state index contributed by atoms with van der Waals surface area (Å²) in [6, 6.07) is 0. The summed E-state index contributed by atoms with van der Waals surface area (Å²) in [5.74, 6) is 0. The molecule has 63 valence electrons. The van der Waals surface area contributed by atoms with Crippen LogP contribution < -0.4 is 4.99 Å². The van der Waals surface area contributed by atoms with Gasteiger partial charge >= 0.3 is 18.6 Å². The first-order valence-corrected chi connectivity index (χ1v) is 3.26. The molecule has 0 atom stereocenters. The fourth-order valence-electron chi connectivity index (χ4n) is 1.01. The van der Waals surface area contributed by atoms with Crippen LogP contribution in [-0.2, 0) is 0 Å². The molecule has 0 aromatic heterocycles. The molecule has 0 saturated heterocycles. The number of alkyl halides is 3. The van der Waals surface area contributed by atoms with Crippen molar-refractivity contribution >= 4 is 6.21 Å². The highest BCUT2D eigenvalue weighted by Gasteiger charge is 2.39. The fourth-order valence-corrected chi connectivity index (χ4v) is 1.01. The Hall–Kier alpha value is -1.06. The molecule has 1 nitrogen and oxygen atoms in total. The molecule has 0 aliphatic carbocycles. The summed E-state index contributed by atoms with van der Waals surface area (Å²) in [5.41, 5.74) is -0.657. The number of nitrogens with zero attached hydrogens (tertiary/aromatic N) is 1. The molecule has 0 N–H and O–H groups in total. The molecule has 1 aliphatic rings. The van der Waals surface area contributed by atoms with Gasteiger partial charge in [-0.05, 0) is 13.8 Å². The summed E-state index contributed by atoms with van der Waals surface area (Å²) < 4.78 is 36.7. The Balaban J connectivity index is 3.18. The first kappa shape index (κ1) is 9.03. The van der Waals surface area contributed by atoms with E-state index in [0.29, 0.717) is 0 Å². The Morgan fingerprint density at radius 1 is 1.25 bits per heavy atom. The molecule has 3 radical (unpaired) electrons. The Labute approximate surface area is 68.3 Å². The zero-order chi connectivity index (χ0) is 9.35. The molecule has 1 heterocycles. The lowest BCUT2D eigenvalue weighted by Crippen LogP contribution is -2.18. The number of halogens is 3. The minimum Gasteiger partial charge on any atom is -0.166 e. The fraction of sp³-hybridized carbons (Fsp3) is 0.375. The SMILES string of the molecule is CC1=[C][N+]=[C]C(C)=C1C(F)(F)F. The maximum atomic E-state index is 12.2. The third kappa shape index (κ3) is 1.57. The van der Waals surface area contributed by atoms with Crippen LogP contribution in [0.25, 0.3) is 0 Å². The normalized spacial score (nSPS) is 18.2. The summed E-state index contributed by atoms with van der Waals surface area (Å²) in [5, 5.41) is 0. The van der Waals surface area contributed by atoms with Gasteiger partial charge in [-0.2, -0.15) is 13.2 Å². The van der Waals surface area contributed by atoms with Gasteiger partial charge in [-0.15, -0.1) is 0 Å². The highest BCUT2D eigenvalue weighted by atomic mass is 19.4. The van der Waals surface area contributed by atoms with Gasteiger partial charge in [-0.1, -0.05) is 0 Å². The van der Waals surface area contributed by atoms with Crippen molar-refractivity contribution in [2.75, 3.05) is 0 Å². The molecule has 0 aromatic rings. The number of aliphatic imine (C=N–C) groups is 1.